The Hall–Kier alpha value is -3.80. The van der Waals surface area contributed by atoms with E-state index in [1.54, 1.807) is 0 Å². The highest BCUT2D eigenvalue weighted by atomic mass is 16.2. The second kappa shape index (κ2) is 8.69. The lowest BCUT2D eigenvalue weighted by Crippen LogP contribution is -2.34. The molecule has 0 saturated carbocycles. The van der Waals surface area contributed by atoms with Crippen LogP contribution in [0.15, 0.2) is 79.1 Å². The third kappa shape index (κ3) is 4.27. The van der Waals surface area contributed by atoms with Crippen LogP contribution in [-0.2, 0) is 13.1 Å². The molecule has 0 fully saturated rings. The number of hydrogen-bond donors (Lipinski definition) is 2. The molecule has 0 aliphatic rings. The second-order valence-corrected chi connectivity index (χ2v) is 7.25. The maximum absolute atomic E-state index is 12.4. The van der Waals surface area contributed by atoms with Gasteiger partial charge in [0.15, 0.2) is 0 Å². The summed E-state index contributed by atoms with van der Waals surface area (Å²) in [4.78, 5) is 12.4. The van der Waals surface area contributed by atoms with Crippen LogP contribution in [0.1, 0.15) is 22.4 Å². The minimum absolute atomic E-state index is 0.208. The number of amides is 2. The molecular formula is C24H25N5O. The average Bonchev–Trinajstić information content (AvgIpc) is 3.40. The van der Waals surface area contributed by atoms with E-state index in [0.717, 1.165) is 28.3 Å². The van der Waals surface area contributed by atoms with E-state index in [1.807, 2.05) is 102 Å². The Balaban J connectivity index is 1.52. The van der Waals surface area contributed by atoms with Crippen molar-refractivity contribution in [2.45, 2.75) is 26.9 Å². The summed E-state index contributed by atoms with van der Waals surface area (Å²) in [5, 5.41) is 10.6. The number of nitrogens with zero attached hydrogens (tertiary/aromatic N) is 3. The van der Waals surface area contributed by atoms with Crippen LogP contribution in [0.25, 0.3) is 11.5 Å². The standard InChI is InChI=1S/C24H25N5O/c1-18-10-12-20(13-11-18)16-25-24(30)26-17-22-19(2)27-29(21-8-4-3-5-9-21)23(22)28-14-6-7-15-28/h3-15H,16-17H2,1-2H3,(H2,25,26,30). The monoisotopic (exact) mass is 399 g/mol. The lowest BCUT2D eigenvalue weighted by Gasteiger charge is -2.12. The van der Waals surface area contributed by atoms with Crippen molar-refractivity contribution in [3.05, 3.63) is 102 Å². The topological polar surface area (TPSA) is 63.9 Å². The van der Waals surface area contributed by atoms with E-state index in [1.165, 1.54) is 5.56 Å². The zero-order valence-corrected chi connectivity index (χ0v) is 17.2. The molecule has 6 nitrogen and oxygen atoms in total. The van der Waals surface area contributed by atoms with Crippen LogP contribution in [-0.4, -0.2) is 20.4 Å². The number of aromatic nitrogens is 3. The molecule has 152 valence electrons. The molecule has 0 bridgehead atoms. The Bertz CT molecular complexity index is 1110. The zero-order valence-electron chi connectivity index (χ0n) is 17.2. The highest BCUT2D eigenvalue weighted by Gasteiger charge is 2.18. The van der Waals surface area contributed by atoms with E-state index in [2.05, 4.69) is 10.6 Å². The number of para-hydroxylation sites is 1. The fraction of sp³-hybridized carbons (Fsp3) is 0.167. The summed E-state index contributed by atoms with van der Waals surface area (Å²) >= 11 is 0. The molecule has 0 aliphatic heterocycles. The SMILES string of the molecule is Cc1ccc(CNC(=O)NCc2c(C)nn(-c3ccccc3)c2-n2cccc2)cc1. The summed E-state index contributed by atoms with van der Waals surface area (Å²) in [7, 11) is 0. The van der Waals surface area contributed by atoms with Crippen molar-refractivity contribution >= 4 is 6.03 Å². The number of hydrogen-bond acceptors (Lipinski definition) is 2. The molecule has 0 unspecified atom stereocenters. The predicted octanol–water partition coefficient (Wildman–Crippen LogP) is 4.28. The normalized spacial score (nSPS) is 10.7. The zero-order chi connectivity index (χ0) is 20.9. The number of rotatable bonds is 6. The van der Waals surface area contributed by atoms with E-state index in [-0.39, 0.29) is 6.03 Å². The average molecular weight is 399 g/mol. The lowest BCUT2D eigenvalue weighted by molar-refractivity contribution is 0.240. The molecule has 2 aromatic carbocycles. The molecule has 6 heteroatoms. The van der Waals surface area contributed by atoms with Crippen LogP contribution < -0.4 is 10.6 Å². The first-order valence-electron chi connectivity index (χ1n) is 9.96. The van der Waals surface area contributed by atoms with Gasteiger partial charge >= 0.3 is 6.03 Å². The van der Waals surface area contributed by atoms with Crippen LogP contribution in [0.5, 0.6) is 0 Å². The summed E-state index contributed by atoms with van der Waals surface area (Å²) in [6, 6.07) is 21.9. The van der Waals surface area contributed by atoms with Gasteiger partial charge in [0.2, 0.25) is 0 Å². The Morgan fingerprint density at radius 1 is 0.867 bits per heavy atom. The second-order valence-electron chi connectivity index (χ2n) is 7.25. The fourth-order valence-corrected chi connectivity index (χ4v) is 3.36. The van der Waals surface area contributed by atoms with Crippen molar-refractivity contribution in [2.24, 2.45) is 0 Å². The molecule has 2 N–H and O–H groups in total. The molecule has 2 aromatic heterocycles. The molecule has 4 aromatic rings. The Morgan fingerprint density at radius 3 is 2.23 bits per heavy atom. The molecule has 0 radical (unpaired) electrons. The van der Waals surface area contributed by atoms with Crippen LogP contribution in [0.2, 0.25) is 0 Å². The molecule has 30 heavy (non-hydrogen) atoms. The van der Waals surface area contributed by atoms with Crippen LogP contribution in [0.3, 0.4) is 0 Å². The number of urea groups is 1. The van der Waals surface area contributed by atoms with Crippen molar-refractivity contribution in [1.82, 2.24) is 25.0 Å². The van der Waals surface area contributed by atoms with E-state index in [9.17, 15) is 4.79 Å². The van der Waals surface area contributed by atoms with Crippen molar-refractivity contribution in [1.29, 1.82) is 0 Å². The van der Waals surface area contributed by atoms with Gasteiger partial charge in [-0.1, -0.05) is 48.0 Å². The maximum Gasteiger partial charge on any atom is 0.315 e. The molecule has 0 spiro atoms. The van der Waals surface area contributed by atoms with Crippen molar-refractivity contribution in [2.75, 3.05) is 0 Å². The molecule has 4 rings (SSSR count). The molecular weight excluding hydrogens is 374 g/mol. The summed E-state index contributed by atoms with van der Waals surface area (Å²) in [5.41, 5.74) is 5.09. The highest BCUT2D eigenvalue weighted by Crippen LogP contribution is 2.22. The van der Waals surface area contributed by atoms with Crippen LogP contribution in [0, 0.1) is 13.8 Å². The minimum atomic E-state index is -0.208. The number of benzene rings is 2. The first kappa shape index (κ1) is 19.5. The molecule has 0 aliphatic carbocycles. The van der Waals surface area contributed by atoms with E-state index >= 15 is 0 Å². The molecule has 0 atom stereocenters. The van der Waals surface area contributed by atoms with Gasteiger partial charge in [0.05, 0.1) is 17.9 Å². The van der Waals surface area contributed by atoms with E-state index < -0.39 is 0 Å². The van der Waals surface area contributed by atoms with Crippen LogP contribution >= 0.6 is 0 Å². The first-order valence-corrected chi connectivity index (χ1v) is 9.96. The number of carbonyl (C=O) groups excluding carboxylic acids is 1. The van der Waals surface area contributed by atoms with Crippen molar-refractivity contribution in [3.63, 3.8) is 0 Å². The molecule has 2 heterocycles. The first-order chi connectivity index (χ1) is 14.6. The molecule has 2 amide bonds. The highest BCUT2D eigenvalue weighted by molar-refractivity contribution is 5.74. The van der Waals surface area contributed by atoms with Gasteiger partial charge in [-0.3, -0.25) is 0 Å². The van der Waals surface area contributed by atoms with Crippen molar-refractivity contribution in [3.8, 4) is 11.5 Å². The smallest absolute Gasteiger partial charge is 0.315 e. The number of aryl methyl sites for hydroxylation is 2. The van der Waals surface area contributed by atoms with Gasteiger partial charge in [-0.15, -0.1) is 0 Å². The van der Waals surface area contributed by atoms with Gasteiger partial charge in [-0.2, -0.15) is 5.10 Å². The summed E-state index contributed by atoms with van der Waals surface area (Å²) < 4.78 is 3.94. The van der Waals surface area contributed by atoms with Crippen LogP contribution in [0.4, 0.5) is 4.79 Å². The predicted molar refractivity (Wildman–Crippen MR) is 118 cm³/mol. The molecule has 0 saturated heterocycles. The maximum atomic E-state index is 12.4. The van der Waals surface area contributed by atoms with Gasteiger partial charge in [0, 0.05) is 24.5 Å². The van der Waals surface area contributed by atoms with Gasteiger partial charge in [0.25, 0.3) is 0 Å². The Labute approximate surface area is 176 Å². The minimum Gasteiger partial charge on any atom is -0.334 e. The number of carbonyl (C=O) groups is 1. The van der Waals surface area contributed by atoms with E-state index in [0.29, 0.717) is 13.1 Å². The van der Waals surface area contributed by atoms with E-state index in [4.69, 9.17) is 5.10 Å². The fourth-order valence-electron chi connectivity index (χ4n) is 3.36. The Kier molecular flexibility index (Phi) is 5.66. The summed E-state index contributed by atoms with van der Waals surface area (Å²) in [6.45, 7) is 4.88. The Morgan fingerprint density at radius 2 is 1.53 bits per heavy atom. The lowest BCUT2D eigenvalue weighted by atomic mass is 10.1. The van der Waals surface area contributed by atoms with Gasteiger partial charge in [0.1, 0.15) is 5.82 Å². The number of nitrogens with one attached hydrogen (secondary N) is 2. The quantitative estimate of drug-likeness (QED) is 0.508. The summed E-state index contributed by atoms with van der Waals surface area (Å²) in [5.74, 6) is 0.919. The van der Waals surface area contributed by atoms with Crippen molar-refractivity contribution < 1.29 is 4.79 Å². The summed E-state index contributed by atoms with van der Waals surface area (Å²) in [6.07, 6.45) is 3.97. The van der Waals surface area contributed by atoms with Gasteiger partial charge in [-0.25, -0.2) is 9.48 Å². The van der Waals surface area contributed by atoms with Gasteiger partial charge < -0.3 is 15.2 Å². The third-order valence-electron chi connectivity index (χ3n) is 5.01. The third-order valence-corrected chi connectivity index (χ3v) is 5.01. The largest absolute Gasteiger partial charge is 0.334 e. The van der Waals surface area contributed by atoms with Gasteiger partial charge in [-0.05, 0) is 43.7 Å².